The quantitative estimate of drug-likeness (QED) is 0.204. The predicted octanol–water partition coefficient (Wildman–Crippen LogP) is 4.49. The summed E-state index contributed by atoms with van der Waals surface area (Å²) in [5.41, 5.74) is 0.407. The maximum absolute atomic E-state index is 13.3. The Hall–Kier alpha value is -3.14. The highest BCUT2D eigenvalue weighted by Crippen LogP contribution is 2.47. The molecule has 1 heterocycles. The number of benzene rings is 2. The summed E-state index contributed by atoms with van der Waals surface area (Å²) in [4.78, 5) is 27.8. The number of halogens is 2. The van der Waals surface area contributed by atoms with E-state index in [1.54, 1.807) is 25.3 Å². The number of hydrogen-bond donors (Lipinski definition) is 1. The van der Waals surface area contributed by atoms with Crippen molar-refractivity contribution in [2.45, 2.75) is 12.5 Å². The molecule has 2 aromatic rings. The van der Waals surface area contributed by atoms with Crippen molar-refractivity contribution < 1.29 is 38.4 Å². The Kier molecular flexibility index (Phi) is 8.94. The molecule has 1 saturated heterocycles. The molecule has 3 rings (SSSR count). The average Bonchev–Trinajstić information content (AvgIpc) is 3.13. The zero-order valence-electron chi connectivity index (χ0n) is 20.5. The fraction of sp³-hybridized carbons (Fsp3) is 0.360. The molecule has 194 valence electrons. The molecule has 0 bridgehead atoms. The van der Waals surface area contributed by atoms with E-state index in [-0.39, 0.29) is 39.2 Å². The molecule has 0 aromatic heterocycles. The van der Waals surface area contributed by atoms with Crippen molar-refractivity contribution in [3.05, 3.63) is 51.0 Å². The van der Waals surface area contributed by atoms with E-state index in [0.717, 1.165) is 0 Å². The Morgan fingerprint density at radius 1 is 0.944 bits per heavy atom. The van der Waals surface area contributed by atoms with Crippen LogP contribution in [0.25, 0.3) is 5.76 Å². The Morgan fingerprint density at radius 3 is 2.19 bits per heavy atom. The molecular weight excluding hydrogens is 513 g/mol. The van der Waals surface area contributed by atoms with Gasteiger partial charge in [-0.15, -0.1) is 0 Å². The molecule has 1 aliphatic heterocycles. The Balaban J connectivity index is 2.28. The zero-order chi connectivity index (χ0) is 26.6. The first-order valence-corrected chi connectivity index (χ1v) is 11.6. The molecule has 1 atom stereocenters. The first kappa shape index (κ1) is 27.4. The van der Waals surface area contributed by atoms with Gasteiger partial charge in [0.25, 0.3) is 11.7 Å². The van der Waals surface area contributed by atoms with E-state index in [0.29, 0.717) is 30.1 Å². The van der Waals surface area contributed by atoms with Gasteiger partial charge in [0.15, 0.2) is 23.0 Å². The lowest BCUT2D eigenvalue weighted by Crippen LogP contribution is -2.31. The number of aliphatic hydroxyl groups is 1. The minimum Gasteiger partial charge on any atom is -0.507 e. The van der Waals surface area contributed by atoms with Gasteiger partial charge < -0.3 is 33.7 Å². The fourth-order valence-electron chi connectivity index (χ4n) is 4.15. The largest absolute Gasteiger partial charge is 0.507 e. The molecule has 11 heteroatoms. The van der Waals surface area contributed by atoms with Gasteiger partial charge in [0.2, 0.25) is 0 Å². The molecule has 1 aliphatic rings. The minimum absolute atomic E-state index is 0.00559. The molecule has 9 nitrogen and oxygen atoms in total. The third kappa shape index (κ3) is 4.91. The number of hydrogen-bond acceptors (Lipinski definition) is 8. The summed E-state index contributed by atoms with van der Waals surface area (Å²) in [5, 5.41) is 11.5. The van der Waals surface area contributed by atoms with Crippen molar-refractivity contribution in [2.75, 3.05) is 48.7 Å². The maximum atomic E-state index is 13.3. The fourth-order valence-corrected chi connectivity index (χ4v) is 4.84. The molecular formula is C25H27Cl2NO8. The lowest BCUT2D eigenvalue weighted by Gasteiger charge is -2.26. The van der Waals surface area contributed by atoms with E-state index in [4.69, 9.17) is 46.9 Å². The monoisotopic (exact) mass is 539 g/mol. The summed E-state index contributed by atoms with van der Waals surface area (Å²) in [7, 11) is 7.25. The molecule has 1 fully saturated rings. The Bertz CT molecular complexity index is 1200. The second-order valence-electron chi connectivity index (χ2n) is 7.74. The third-order valence-electron chi connectivity index (χ3n) is 5.81. The number of Topliss-reactive ketones (excluding diaryl/α,β-unsaturated/α-hetero) is 1. The maximum Gasteiger partial charge on any atom is 0.295 e. The van der Waals surface area contributed by atoms with Crippen molar-refractivity contribution >= 4 is 40.7 Å². The van der Waals surface area contributed by atoms with Gasteiger partial charge in [-0.3, -0.25) is 9.59 Å². The number of nitrogens with zero attached hydrogens (tertiary/aromatic N) is 1. The number of ketones is 1. The molecule has 0 aliphatic carbocycles. The summed E-state index contributed by atoms with van der Waals surface area (Å²) < 4.78 is 26.5. The summed E-state index contributed by atoms with van der Waals surface area (Å²) in [6.07, 6.45) is 0.469. The van der Waals surface area contributed by atoms with Gasteiger partial charge in [0.05, 0.1) is 50.6 Å². The van der Waals surface area contributed by atoms with Gasteiger partial charge in [-0.2, -0.15) is 0 Å². The van der Waals surface area contributed by atoms with Crippen LogP contribution in [-0.2, 0) is 14.3 Å². The number of likely N-dealkylation sites (tertiary alicyclic amines) is 1. The summed E-state index contributed by atoms with van der Waals surface area (Å²) in [5.74, 6) is -1.09. The van der Waals surface area contributed by atoms with Crippen LogP contribution in [0.1, 0.15) is 23.6 Å². The van der Waals surface area contributed by atoms with Gasteiger partial charge in [-0.1, -0.05) is 29.3 Å². The summed E-state index contributed by atoms with van der Waals surface area (Å²) in [6.45, 7) is 0.578. The van der Waals surface area contributed by atoms with E-state index >= 15 is 0 Å². The first-order valence-electron chi connectivity index (χ1n) is 10.8. The molecule has 36 heavy (non-hydrogen) atoms. The molecule has 1 N–H and O–H groups in total. The van der Waals surface area contributed by atoms with E-state index in [2.05, 4.69) is 0 Å². The second-order valence-corrected chi connectivity index (χ2v) is 8.52. The molecule has 1 unspecified atom stereocenters. The lowest BCUT2D eigenvalue weighted by molar-refractivity contribution is -0.140. The zero-order valence-corrected chi connectivity index (χ0v) is 22.0. The second kappa shape index (κ2) is 11.7. The van der Waals surface area contributed by atoms with Crippen LogP contribution < -0.4 is 18.9 Å². The average molecular weight is 540 g/mol. The number of ether oxygens (including phenoxy) is 5. The number of carbonyl (C=O) groups excluding carboxylic acids is 2. The molecule has 2 aromatic carbocycles. The van der Waals surface area contributed by atoms with Crippen LogP contribution in [0.15, 0.2) is 29.8 Å². The van der Waals surface area contributed by atoms with Crippen LogP contribution in [0.3, 0.4) is 0 Å². The van der Waals surface area contributed by atoms with Gasteiger partial charge in [0, 0.05) is 20.3 Å². The molecule has 0 radical (unpaired) electrons. The first-order chi connectivity index (χ1) is 17.2. The van der Waals surface area contributed by atoms with E-state index in [9.17, 15) is 14.7 Å². The van der Waals surface area contributed by atoms with Crippen molar-refractivity contribution in [2.24, 2.45) is 0 Å². The highest BCUT2D eigenvalue weighted by Gasteiger charge is 2.46. The van der Waals surface area contributed by atoms with Gasteiger partial charge in [0.1, 0.15) is 10.8 Å². The van der Waals surface area contributed by atoms with Crippen LogP contribution in [0.5, 0.6) is 23.0 Å². The van der Waals surface area contributed by atoms with Crippen LogP contribution in [0, 0.1) is 0 Å². The van der Waals surface area contributed by atoms with Crippen molar-refractivity contribution in [3.63, 3.8) is 0 Å². The van der Waals surface area contributed by atoms with E-state index in [1.165, 1.54) is 39.4 Å². The highest BCUT2D eigenvalue weighted by atomic mass is 35.5. The van der Waals surface area contributed by atoms with Gasteiger partial charge in [-0.25, -0.2) is 0 Å². The molecule has 0 saturated carbocycles. The number of aliphatic hydroxyl groups excluding tert-OH is 1. The Morgan fingerprint density at radius 2 is 1.61 bits per heavy atom. The minimum atomic E-state index is -0.939. The van der Waals surface area contributed by atoms with Gasteiger partial charge >= 0.3 is 0 Å². The summed E-state index contributed by atoms with van der Waals surface area (Å²) >= 11 is 12.7. The smallest absolute Gasteiger partial charge is 0.295 e. The van der Waals surface area contributed by atoms with Crippen molar-refractivity contribution in [1.82, 2.24) is 4.90 Å². The van der Waals surface area contributed by atoms with Crippen molar-refractivity contribution in [3.8, 4) is 23.0 Å². The standard InChI is InChI=1S/C25H27Cl2NO8/c1-32-10-6-9-28-20(13-7-8-16(33-2)17(11-13)34-3)18(22(30)25(28)31)21(29)14-12-15(26)24(36-5)19(27)23(14)35-4/h7-8,11-12,20,29H,6,9-10H2,1-5H3/b21-18+. The molecule has 1 amide bonds. The van der Waals surface area contributed by atoms with E-state index in [1.807, 2.05) is 0 Å². The summed E-state index contributed by atoms with van der Waals surface area (Å²) in [6, 6.07) is 5.43. The van der Waals surface area contributed by atoms with Crippen LogP contribution in [0.2, 0.25) is 10.0 Å². The SMILES string of the molecule is COCCCN1C(=O)C(=O)/C(=C(/O)c2cc(Cl)c(OC)c(Cl)c2OC)C1c1ccc(OC)c(OC)c1. The van der Waals surface area contributed by atoms with Crippen LogP contribution in [0.4, 0.5) is 0 Å². The van der Waals surface area contributed by atoms with Crippen LogP contribution >= 0.6 is 23.2 Å². The number of carbonyl (C=O) groups is 2. The van der Waals surface area contributed by atoms with Crippen molar-refractivity contribution in [1.29, 1.82) is 0 Å². The highest BCUT2D eigenvalue weighted by molar-refractivity contribution is 6.47. The lowest BCUT2D eigenvalue weighted by atomic mass is 9.94. The molecule has 0 spiro atoms. The third-order valence-corrected chi connectivity index (χ3v) is 6.43. The Labute approximate surface area is 219 Å². The normalized spacial score (nSPS) is 16.9. The van der Waals surface area contributed by atoms with Crippen LogP contribution in [-0.4, -0.2) is 70.4 Å². The number of rotatable bonds is 10. The predicted molar refractivity (Wildman–Crippen MR) is 135 cm³/mol. The topological polar surface area (TPSA) is 104 Å². The number of amides is 1. The van der Waals surface area contributed by atoms with E-state index < -0.39 is 23.5 Å². The van der Waals surface area contributed by atoms with Gasteiger partial charge in [-0.05, 0) is 30.2 Å². The number of methoxy groups -OCH3 is 5.